The fraction of sp³-hybridized carbons (Fsp3) is 0.667. The molecule has 114 valence electrons. The Morgan fingerprint density at radius 1 is 1.05 bits per heavy atom. The first-order valence-corrected chi connectivity index (χ1v) is 8.10. The van der Waals surface area contributed by atoms with E-state index >= 15 is 0 Å². The topological polar surface area (TPSA) is 15.3 Å². The van der Waals surface area contributed by atoms with Gasteiger partial charge in [-0.05, 0) is 45.0 Å². The van der Waals surface area contributed by atoms with E-state index in [1.165, 1.54) is 31.2 Å². The molecule has 0 fully saturated rings. The minimum atomic E-state index is 0.654. The van der Waals surface area contributed by atoms with E-state index in [-0.39, 0.29) is 0 Å². The maximum Gasteiger partial charge on any atom is 0.0242 e. The summed E-state index contributed by atoms with van der Waals surface area (Å²) in [5.74, 6) is 0.798. The van der Waals surface area contributed by atoms with Gasteiger partial charge in [0.1, 0.15) is 0 Å². The number of rotatable bonds is 10. The Labute approximate surface area is 125 Å². The van der Waals surface area contributed by atoms with Crippen molar-refractivity contribution in [2.45, 2.75) is 45.6 Å². The molecule has 1 unspecified atom stereocenters. The molecule has 0 aliphatic rings. The molecule has 1 atom stereocenters. The van der Waals surface area contributed by atoms with Gasteiger partial charge < -0.3 is 10.2 Å². The van der Waals surface area contributed by atoms with E-state index in [0.717, 1.165) is 19.0 Å². The summed E-state index contributed by atoms with van der Waals surface area (Å²) in [6, 6.07) is 11.4. The molecule has 0 aromatic heterocycles. The lowest BCUT2D eigenvalue weighted by Gasteiger charge is -2.31. The summed E-state index contributed by atoms with van der Waals surface area (Å²) in [6.45, 7) is 6.83. The third kappa shape index (κ3) is 6.06. The highest BCUT2D eigenvalue weighted by Gasteiger charge is 2.19. The van der Waals surface area contributed by atoms with Crippen molar-refractivity contribution in [2.75, 3.05) is 27.2 Å². The van der Waals surface area contributed by atoms with Crippen molar-refractivity contribution in [1.82, 2.24) is 10.2 Å². The first kappa shape index (κ1) is 17.2. The largest absolute Gasteiger partial charge is 0.315 e. The second-order valence-electron chi connectivity index (χ2n) is 5.90. The first-order valence-electron chi connectivity index (χ1n) is 8.10. The summed E-state index contributed by atoms with van der Waals surface area (Å²) >= 11 is 0. The Kier molecular flexibility index (Phi) is 8.56. The van der Waals surface area contributed by atoms with Crippen molar-refractivity contribution in [3.63, 3.8) is 0 Å². The van der Waals surface area contributed by atoms with E-state index in [1.54, 1.807) is 0 Å². The maximum absolute atomic E-state index is 3.64. The van der Waals surface area contributed by atoms with Crippen molar-refractivity contribution >= 4 is 0 Å². The molecule has 0 bridgehead atoms. The summed E-state index contributed by atoms with van der Waals surface area (Å²) in [5, 5.41) is 3.64. The molecular formula is C18H32N2. The van der Waals surface area contributed by atoms with Crippen molar-refractivity contribution < 1.29 is 0 Å². The summed E-state index contributed by atoms with van der Waals surface area (Å²) in [6.07, 6.45) is 4.93. The van der Waals surface area contributed by atoms with Crippen LogP contribution < -0.4 is 5.32 Å². The van der Waals surface area contributed by atoms with E-state index in [9.17, 15) is 0 Å². The lowest BCUT2D eigenvalue weighted by atomic mass is 9.93. The van der Waals surface area contributed by atoms with Gasteiger partial charge >= 0.3 is 0 Å². The molecule has 1 aromatic carbocycles. The van der Waals surface area contributed by atoms with Crippen LogP contribution in [-0.4, -0.2) is 38.1 Å². The van der Waals surface area contributed by atoms with Crippen LogP contribution in [-0.2, 0) is 6.42 Å². The van der Waals surface area contributed by atoms with Gasteiger partial charge in [0.2, 0.25) is 0 Å². The first-order chi connectivity index (χ1) is 9.69. The Bertz CT molecular complexity index is 331. The van der Waals surface area contributed by atoms with Gasteiger partial charge in [-0.1, -0.05) is 57.0 Å². The predicted octanol–water partition coefficient (Wildman–Crippen LogP) is 3.58. The van der Waals surface area contributed by atoms with E-state index in [4.69, 9.17) is 0 Å². The van der Waals surface area contributed by atoms with Gasteiger partial charge in [0, 0.05) is 12.6 Å². The van der Waals surface area contributed by atoms with Gasteiger partial charge in [-0.3, -0.25) is 0 Å². The van der Waals surface area contributed by atoms with Crippen LogP contribution in [0.1, 0.15) is 38.7 Å². The zero-order valence-corrected chi connectivity index (χ0v) is 13.7. The number of benzene rings is 1. The van der Waals surface area contributed by atoms with Gasteiger partial charge in [0.25, 0.3) is 0 Å². The van der Waals surface area contributed by atoms with E-state index in [2.05, 4.69) is 68.5 Å². The molecule has 20 heavy (non-hydrogen) atoms. The van der Waals surface area contributed by atoms with Gasteiger partial charge in [-0.2, -0.15) is 0 Å². The van der Waals surface area contributed by atoms with Crippen LogP contribution in [0.25, 0.3) is 0 Å². The van der Waals surface area contributed by atoms with E-state index in [0.29, 0.717) is 6.04 Å². The second-order valence-corrected chi connectivity index (χ2v) is 5.90. The highest BCUT2D eigenvalue weighted by Crippen LogP contribution is 2.16. The highest BCUT2D eigenvalue weighted by atomic mass is 15.1. The fourth-order valence-electron chi connectivity index (χ4n) is 2.92. The van der Waals surface area contributed by atoms with E-state index < -0.39 is 0 Å². The van der Waals surface area contributed by atoms with Gasteiger partial charge in [-0.15, -0.1) is 0 Å². The van der Waals surface area contributed by atoms with Crippen LogP contribution in [0.5, 0.6) is 0 Å². The van der Waals surface area contributed by atoms with Crippen LogP contribution in [0.15, 0.2) is 30.3 Å². The molecule has 0 spiro atoms. The average molecular weight is 276 g/mol. The van der Waals surface area contributed by atoms with Gasteiger partial charge in [-0.25, -0.2) is 0 Å². The van der Waals surface area contributed by atoms with Crippen LogP contribution in [0.3, 0.4) is 0 Å². The number of nitrogens with one attached hydrogen (secondary N) is 1. The number of likely N-dealkylation sites (N-methyl/N-ethyl adjacent to an activating group) is 1. The molecule has 0 saturated carbocycles. The van der Waals surface area contributed by atoms with Crippen LogP contribution >= 0.6 is 0 Å². The quantitative estimate of drug-likeness (QED) is 0.657. The normalized spacial score (nSPS) is 13.1. The lowest BCUT2D eigenvalue weighted by molar-refractivity contribution is 0.194. The van der Waals surface area contributed by atoms with Gasteiger partial charge in [0.05, 0.1) is 0 Å². The molecule has 0 amide bonds. The summed E-state index contributed by atoms with van der Waals surface area (Å²) < 4.78 is 0. The number of nitrogens with zero attached hydrogens (tertiary/aromatic N) is 1. The van der Waals surface area contributed by atoms with Crippen molar-refractivity contribution in [3.8, 4) is 0 Å². The van der Waals surface area contributed by atoms with E-state index in [1.807, 2.05) is 0 Å². The molecule has 1 N–H and O–H groups in total. The monoisotopic (exact) mass is 276 g/mol. The zero-order chi connectivity index (χ0) is 14.8. The summed E-state index contributed by atoms with van der Waals surface area (Å²) in [4.78, 5) is 2.38. The second kappa shape index (κ2) is 9.95. The van der Waals surface area contributed by atoms with Crippen molar-refractivity contribution in [2.24, 2.45) is 5.92 Å². The minimum Gasteiger partial charge on any atom is -0.315 e. The molecular weight excluding hydrogens is 244 g/mol. The molecule has 1 aromatic rings. The smallest absolute Gasteiger partial charge is 0.0242 e. The molecule has 1 rings (SSSR count). The number of hydrogen-bond donors (Lipinski definition) is 1. The number of hydrogen-bond acceptors (Lipinski definition) is 2. The Balaban J connectivity index is 2.24. The molecule has 0 radical (unpaired) electrons. The molecule has 0 aliphatic carbocycles. The van der Waals surface area contributed by atoms with Crippen molar-refractivity contribution in [1.29, 1.82) is 0 Å². The fourth-order valence-corrected chi connectivity index (χ4v) is 2.92. The maximum atomic E-state index is 3.64. The summed E-state index contributed by atoms with van der Waals surface area (Å²) in [7, 11) is 4.41. The predicted molar refractivity (Wildman–Crippen MR) is 89.2 cm³/mol. The average Bonchev–Trinajstić information content (AvgIpc) is 2.47. The zero-order valence-electron chi connectivity index (χ0n) is 13.7. The molecule has 2 nitrogen and oxygen atoms in total. The van der Waals surface area contributed by atoms with Gasteiger partial charge in [0.15, 0.2) is 0 Å². The Morgan fingerprint density at radius 3 is 2.25 bits per heavy atom. The Hall–Kier alpha value is -0.860. The third-order valence-electron chi connectivity index (χ3n) is 4.27. The molecule has 2 heteroatoms. The number of aryl methyl sites for hydroxylation is 1. The third-order valence-corrected chi connectivity index (χ3v) is 4.27. The molecule has 0 heterocycles. The molecule has 0 saturated heterocycles. The SMILES string of the molecule is CCC(CC)C(CNCCCc1ccccc1)N(C)C. The standard InChI is InChI=1S/C18H32N2/c1-5-17(6-2)18(20(3)4)15-19-14-10-13-16-11-8-7-9-12-16/h7-9,11-12,17-19H,5-6,10,13-15H2,1-4H3. The molecule has 0 aliphatic heterocycles. The van der Waals surface area contributed by atoms with Crippen molar-refractivity contribution in [3.05, 3.63) is 35.9 Å². The summed E-state index contributed by atoms with van der Waals surface area (Å²) in [5.41, 5.74) is 1.44. The highest BCUT2D eigenvalue weighted by molar-refractivity contribution is 5.14. The Morgan fingerprint density at radius 2 is 1.70 bits per heavy atom. The van der Waals surface area contributed by atoms with Crippen LogP contribution in [0, 0.1) is 5.92 Å². The minimum absolute atomic E-state index is 0.654. The van der Waals surface area contributed by atoms with Crippen LogP contribution in [0.4, 0.5) is 0 Å². The van der Waals surface area contributed by atoms with Crippen LogP contribution in [0.2, 0.25) is 0 Å². The lowest BCUT2D eigenvalue weighted by Crippen LogP contribution is -2.43.